The SMILES string of the molecule is O=C(Nc1cnn(-c2ccccc2Cl)c1)C1(c2ccccc2Cl)CCOCC1. The van der Waals surface area contributed by atoms with Gasteiger partial charge in [0.05, 0.1) is 34.2 Å². The first kappa shape index (κ1) is 19.0. The molecule has 2 heterocycles. The van der Waals surface area contributed by atoms with Gasteiger partial charge in [-0.2, -0.15) is 5.10 Å². The van der Waals surface area contributed by atoms with E-state index in [2.05, 4.69) is 10.4 Å². The molecule has 2 aromatic carbocycles. The number of para-hydroxylation sites is 1. The van der Waals surface area contributed by atoms with E-state index in [1.165, 1.54) is 0 Å². The Morgan fingerprint density at radius 1 is 1.04 bits per heavy atom. The minimum atomic E-state index is -0.733. The van der Waals surface area contributed by atoms with Gasteiger partial charge in [-0.05, 0) is 36.6 Å². The molecule has 3 aromatic rings. The maximum absolute atomic E-state index is 13.4. The van der Waals surface area contributed by atoms with E-state index in [-0.39, 0.29) is 5.91 Å². The number of hydrogen-bond donors (Lipinski definition) is 1. The van der Waals surface area contributed by atoms with Crippen molar-refractivity contribution in [3.05, 3.63) is 76.5 Å². The van der Waals surface area contributed by atoms with Gasteiger partial charge in [0, 0.05) is 18.2 Å². The monoisotopic (exact) mass is 415 g/mol. The number of anilines is 1. The van der Waals surface area contributed by atoms with E-state index in [4.69, 9.17) is 27.9 Å². The summed E-state index contributed by atoms with van der Waals surface area (Å²) in [5.41, 5.74) is 1.44. The van der Waals surface area contributed by atoms with Crippen molar-refractivity contribution in [2.24, 2.45) is 0 Å². The topological polar surface area (TPSA) is 56.2 Å². The molecule has 1 fully saturated rings. The third-order valence-electron chi connectivity index (χ3n) is 5.11. The lowest BCUT2D eigenvalue weighted by molar-refractivity contribution is -0.125. The lowest BCUT2D eigenvalue weighted by Gasteiger charge is -2.36. The van der Waals surface area contributed by atoms with E-state index < -0.39 is 5.41 Å². The Morgan fingerprint density at radius 2 is 1.71 bits per heavy atom. The van der Waals surface area contributed by atoms with Crippen molar-refractivity contribution in [3.63, 3.8) is 0 Å². The first-order valence-electron chi connectivity index (χ1n) is 9.04. The number of rotatable bonds is 4. The molecule has 1 aromatic heterocycles. The van der Waals surface area contributed by atoms with Gasteiger partial charge in [0.15, 0.2) is 0 Å². The lowest BCUT2D eigenvalue weighted by atomic mass is 9.73. The first-order valence-corrected chi connectivity index (χ1v) is 9.79. The molecule has 144 valence electrons. The van der Waals surface area contributed by atoms with Crippen LogP contribution in [0.25, 0.3) is 5.69 Å². The summed E-state index contributed by atoms with van der Waals surface area (Å²) in [6.07, 6.45) is 4.50. The van der Waals surface area contributed by atoms with Crippen molar-refractivity contribution in [3.8, 4) is 5.69 Å². The Balaban J connectivity index is 1.63. The highest BCUT2D eigenvalue weighted by atomic mass is 35.5. The lowest BCUT2D eigenvalue weighted by Crippen LogP contribution is -2.45. The summed E-state index contributed by atoms with van der Waals surface area (Å²) < 4.78 is 7.15. The Hall–Kier alpha value is -2.34. The van der Waals surface area contributed by atoms with Crippen LogP contribution in [0.5, 0.6) is 0 Å². The number of nitrogens with one attached hydrogen (secondary N) is 1. The number of aromatic nitrogens is 2. The van der Waals surface area contributed by atoms with E-state index in [1.807, 2.05) is 42.5 Å². The molecule has 5 nitrogen and oxygen atoms in total. The molecule has 0 spiro atoms. The van der Waals surface area contributed by atoms with Gasteiger partial charge in [0.1, 0.15) is 0 Å². The summed E-state index contributed by atoms with van der Waals surface area (Å²) in [6.45, 7) is 1.02. The summed E-state index contributed by atoms with van der Waals surface area (Å²) in [6, 6.07) is 14.9. The van der Waals surface area contributed by atoms with Crippen molar-refractivity contribution >= 4 is 34.8 Å². The maximum Gasteiger partial charge on any atom is 0.235 e. The van der Waals surface area contributed by atoms with Crippen molar-refractivity contribution in [1.29, 1.82) is 0 Å². The van der Waals surface area contributed by atoms with Gasteiger partial charge in [-0.1, -0.05) is 53.5 Å². The zero-order valence-corrected chi connectivity index (χ0v) is 16.6. The Kier molecular flexibility index (Phi) is 5.40. The minimum absolute atomic E-state index is 0.109. The first-order chi connectivity index (χ1) is 13.6. The Labute approximate surface area is 173 Å². The number of benzene rings is 2. The quantitative estimate of drug-likeness (QED) is 0.661. The average molecular weight is 416 g/mol. The Bertz CT molecular complexity index is 997. The minimum Gasteiger partial charge on any atom is -0.381 e. The van der Waals surface area contributed by atoms with Gasteiger partial charge in [0.2, 0.25) is 5.91 Å². The number of nitrogens with zero attached hydrogens (tertiary/aromatic N) is 2. The molecule has 0 atom stereocenters. The molecule has 1 aliphatic heterocycles. The predicted octanol–water partition coefficient (Wildman–Crippen LogP) is 4.87. The second-order valence-corrected chi connectivity index (χ2v) is 7.57. The molecule has 7 heteroatoms. The van der Waals surface area contributed by atoms with Gasteiger partial charge in [-0.25, -0.2) is 4.68 Å². The van der Waals surface area contributed by atoms with Gasteiger partial charge < -0.3 is 10.1 Å². The summed E-state index contributed by atoms with van der Waals surface area (Å²) in [5.74, 6) is -0.109. The molecule has 1 N–H and O–H groups in total. The fraction of sp³-hybridized carbons (Fsp3) is 0.238. The molecule has 0 bridgehead atoms. The van der Waals surface area contributed by atoms with Crippen LogP contribution >= 0.6 is 23.2 Å². The molecule has 1 amide bonds. The third-order valence-corrected chi connectivity index (χ3v) is 5.76. The van der Waals surface area contributed by atoms with Crippen LogP contribution < -0.4 is 5.32 Å². The van der Waals surface area contributed by atoms with Crippen molar-refractivity contribution in [2.75, 3.05) is 18.5 Å². The van der Waals surface area contributed by atoms with Crippen LogP contribution in [0.4, 0.5) is 5.69 Å². The second-order valence-electron chi connectivity index (χ2n) is 6.75. The van der Waals surface area contributed by atoms with Crippen LogP contribution in [-0.2, 0) is 14.9 Å². The van der Waals surface area contributed by atoms with Crippen LogP contribution in [0.1, 0.15) is 18.4 Å². The number of amides is 1. The van der Waals surface area contributed by atoms with Crippen molar-refractivity contribution < 1.29 is 9.53 Å². The van der Waals surface area contributed by atoms with E-state index in [9.17, 15) is 4.79 Å². The molecule has 0 radical (unpaired) electrons. The van der Waals surface area contributed by atoms with E-state index in [0.717, 1.165) is 11.3 Å². The number of carbonyl (C=O) groups is 1. The normalized spacial score (nSPS) is 15.9. The van der Waals surface area contributed by atoms with E-state index >= 15 is 0 Å². The maximum atomic E-state index is 13.4. The van der Waals surface area contributed by atoms with Gasteiger partial charge in [0.25, 0.3) is 0 Å². The number of halogens is 2. The van der Waals surface area contributed by atoms with Crippen LogP contribution in [0.15, 0.2) is 60.9 Å². The van der Waals surface area contributed by atoms with Crippen LogP contribution in [-0.4, -0.2) is 28.9 Å². The molecular formula is C21H19Cl2N3O2. The fourth-order valence-corrected chi connectivity index (χ4v) is 4.13. The number of ether oxygens (including phenoxy) is 1. The molecule has 28 heavy (non-hydrogen) atoms. The molecule has 0 saturated carbocycles. The van der Waals surface area contributed by atoms with Gasteiger partial charge in [-0.15, -0.1) is 0 Å². The van der Waals surface area contributed by atoms with Crippen molar-refractivity contribution in [1.82, 2.24) is 9.78 Å². The fourth-order valence-electron chi connectivity index (χ4n) is 3.60. The highest BCUT2D eigenvalue weighted by Crippen LogP contribution is 2.39. The number of hydrogen-bond acceptors (Lipinski definition) is 3. The highest BCUT2D eigenvalue weighted by Gasteiger charge is 2.43. The van der Waals surface area contributed by atoms with Crippen LogP contribution in [0.2, 0.25) is 10.0 Å². The highest BCUT2D eigenvalue weighted by molar-refractivity contribution is 6.32. The predicted molar refractivity (Wildman–Crippen MR) is 110 cm³/mol. The zero-order valence-electron chi connectivity index (χ0n) is 15.1. The van der Waals surface area contributed by atoms with Crippen LogP contribution in [0.3, 0.4) is 0 Å². The van der Waals surface area contributed by atoms with Gasteiger partial charge >= 0.3 is 0 Å². The Morgan fingerprint density at radius 3 is 2.43 bits per heavy atom. The van der Waals surface area contributed by atoms with E-state index in [0.29, 0.717) is 41.8 Å². The van der Waals surface area contributed by atoms with Crippen molar-refractivity contribution in [2.45, 2.75) is 18.3 Å². The second kappa shape index (κ2) is 7.95. The summed E-state index contributed by atoms with van der Waals surface area (Å²) in [4.78, 5) is 13.4. The van der Waals surface area contributed by atoms with Crippen LogP contribution in [0, 0.1) is 0 Å². The zero-order chi connectivity index (χ0) is 19.6. The summed E-state index contributed by atoms with van der Waals surface area (Å²) >= 11 is 12.7. The largest absolute Gasteiger partial charge is 0.381 e. The standard InChI is InChI=1S/C21H19Cl2N3O2/c22-17-6-2-1-5-16(17)21(9-11-28-12-10-21)20(27)25-15-13-24-26(14-15)19-8-4-3-7-18(19)23/h1-8,13-14H,9-12H2,(H,25,27). The smallest absolute Gasteiger partial charge is 0.235 e. The van der Waals surface area contributed by atoms with Gasteiger partial charge in [-0.3, -0.25) is 4.79 Å². The summed E-state index contributed by atoms with van der Waals surface area (Å²) in [5, 5.41) is 8.51. The average Bonchev–Trinajstić information content (AvgIpc) is 3.17. The number of carbonyl (C=O) groups excluding carboxylic acids is 1. The molecule has 0 unspecified atom stereocenters. The molecular weight excluding hydrogens is 397 g/mol. The molecule has 1 saturated heterocycles. The van der Waals surface area contributed by atoms with E-state index in [1.54, 1.807) is 23.1 Å². The molecule has 4 rings (SSSR count). The molecule has 0 aliphatic carbocycles. The third kappa shape index (κ3) is 3.53. The summed E-state index contributed by atoms with van der Waals surface area (Å²) in [7, 11) is 0. The molecule has 1 aliphatic rings.